The molecule has 1 N–H and O–H groups in total. The van der Waals surface area contributed by atoms with Gasteiger partial charge in [-0.25, -0.2) is 8.42 Å². The van der Waals surface area contributed by atoms with Gasteiger partial charge in [0.25, 0.3) is 0 Å². The monoisotopic (exact) mass is 261 g/mol. The van der Waals surface area contributed by atoms with Crippen molar-refractivity contribution >= 4 is 15.7 Å². The van der Waals surface area contributed by atoms with Gasteiger partial charge in [0, 0.05) is 12.5 Å². The molecule has 2 atom stereocenters. The molecular formula is C12H23NO3S. The fourth-order valence-electron chi connectivity index (χ4n) is 2.12. The first kappa shape index (κ1) is 14.5. The predicted molar refractivity (Wildman–Crippen MR) is 68.5 cm³/mol. The van der Waals surface area contributed by atoms with Gasteiger partial charge in [-0.1, -0.05) is 26.7 Å². The highest BCUT2D eigenvalue weighted by atomic mass is 32.2. The van der Waals surface area contributed by atoms with Crippen LogP contribution in [-0.2, 0) is 14.6 Å². The zero-order valence-corrected chi connectivity index (χ0v) is 11.6. The van der Waals surface area contributed by atoms with E-state index in [-0.39, 0.29) is 29.4 Å². The first-order chi connectivity index (χ1) is 7.97. The molecule has 0 aliphatic carbocycles. The van der Waals surface area contributed by atoms with E-state index in [1.807, 2.05) is 6.92 Å². The lowest BCUT2D eigenvalue weighted by atomic mass is 10.0. The van der Waals surface area contributed by atoms with Crippen LogP contribution in [0.1, 0.15) is 46.0 Å². The van der Waals surface area contributed by atoms with E-state index in [4.69, 9.17) is 0 Å². The lowest BCUT2D eigenvalue weighted by Gasteiger charge is -2.14. The van der Waals surface area contributed by atoms with Gasteiger partial charge in [-0.05, 0) is 19.3 Å². The number of carbonyl (C=O) groups excluding carboxylic acids is 1. The summed E-state index contributed by atoms with van der Waals surface area (Å²) in [7, 11) is -2.94. The van der Waals surface area contributed by atoms with E-state index in [2.05, 4.69) is 12.2 Å². The Morgan fingerprint density at radius 2 is 2.18 bits per heavy atom. The van der Waals surface area contributed by atoms with Gasteiger partial charge < -0.3 is 5.32 Å². The fourth-order valence-corrected chi connectivity index (χ4v) is 3.88. The van der Waals surface area contributed by atoms with Crippen molar-refractivity contribution in [2.75, 3.05) is 12.3 Å². The molecular weight excluding hydrogens is 238 g/mol. The molecule has 0 bridgehead atoms. The topological polar surface area (TPSA) is 63.2 Å². The second-order valence-corrected chi connectivity index (χ2v) is 7.32. The Kier molecular flexibility index (Phi) is 5.43. The van der Waals surface area contributed by atoms with Crippen molar-refractivity contribution in [2.45, 2.75) is 51.2 Å². The van der Waals surface area contributed by atoms with E-state index >= 15 is 0 Å². The van der Waals surface area contributed by atoms with Crippen LogP contribution >= 0.6 is 0 Å². The highest BCUT2D eigenvalue weighted by molar-refractivity contribution is 7.92. The number of nitrogens with one attached hydrogen (secondary N) is 1. The maximum absolute atomic E-state index is 11.7. The summed E-state index contributed by atoms with van der Waals surface area (Å²) in [5.74, 6) is 0.249. The molecule has 17 heavy (non-hydrogen) atoms. The summed E-state index contributed by atoms with van der Waals surface area (Å²) >= 11 is 0. The number of amides is 1. The molecule has 0 saturated carbocycles. The minimum absolute atomic E-state index is 0.0134. The van der Waals surface area contributed by atoms with E-state index in [9.17, 15) is 13.2 Å². The molecule has 100 valence electrons. The van der Waals surface area contributed by atoms with Gasteiger partial charge in [0.1, 0.15) is 0 Å². The largest absolute Gasteiger partial charge is 0.355 e. The van der Waals surface area contributed by atoms with Crippen molar-refractivity contribution in [3.63, 3.8) is 0 Å². The molecule has 0 aromatic carbocycles. The van der Waals surface area contributed by atoms with E-state index in [1.165, 1.54) is 0 Å². The van der Waals surface area contributed by atoms with Crippen molar-refractivity contribution in [1.29, 1.82) is 0 Å². The van der Waals surface area contributed by atoms with Crippen LogP contribution in [0.4, 0.5) is 0 Å². The van der Waals surface area contributed by atoms with Crippen LogP contribution in [0.15, 0.2) is 0 Å². The number of hydrogen-bond acceptors (Lipinski definition) is 3. The molecule has 1 aliphatic heterocycles. The average Bonchev–Trinajstić information content (AvgIpc) is 2.62. The lowest BCUT2D eigenvalue weighted by Crippen LogP contribution is -2.37. The SMILES string of the molecule is CCCC[C@@H](C)C(=O)NC[C@@H]1CCCS1(=O)=O. The molecule has 0 radical (unpaired) electrons. The molecule has 1 fully saturated rings. The van der Waals surface area contributed by atoms with Gasteiger partial charge in [0.15, 0.2) is 9.84 Å². The highest BCUT2D eigenvalue weighted by Gasteiger charge is 2.31. The van der Waals surface area contributed by atoms with Crippen molar-refractivity contribution < 1.29 is 13.2 Å². The molecule has 4 nitrogen and oxygen atoms in total. The first-order valence-corrected chi connectivity index (χ1v) is 8.18. The van der Waals surface area contributed by atoms with Gasteiger partial charge in [0.05, 0.1) is 11.0 Å². The van der Waals surface area contributed by atoms with Crippen LogP contribution in [0, 0.1) is 5.92 Å². The van der Waals surface area contributed by atoms with Gasteiger partial charge in [-0.2, -0.15) is 0 Å². The molecule has 0 aromatic rings. The third kappa shape index (κ3) is 4.30. The summed E-state index contributed by atoms with van der Waals surface area (Å²) in [6.07, 6.45) is 4.41. The number of unbranched alkanes of at least 4 members (excludes halogenated alkanes) is 1. The van der Waals surface area contributed by atoms with Crippen LogP contribution in [-0.4, -0.2) is 31.9 Å². The summed E-state index contributed by atoms with van der Waals surface area (Å²) in [6.45, 7) is 4.28. The first-order valence-electron chi connectivity index (χ1n) is 6.46. The van der Waals surface area contributed by atoms with Crippen LogP contribution in [0.5, 0.6) is 0 Å². The van der Waals surface area contributed by atoms with Gasteiger partial charge >= 0.3 is 0 Å². The van der Waals surface area contributed by atoms with E-state index in [0.29, 0.717) is 6.42 Å². The Morgan fingerprint density at radius 3 is 2.71 bits per heavy atom. The van der Waals surface area contributed by atoms with Crippen LogP contribution in [0.3, 0.4) is 0 Å². The Bertz CT molecular complexity index is 351. The summed E-state index contributed by atoms with van der Waals surface area (Å²) in [4.78, 5) is 11.7. The molecule has 1 heterocycles. The summed E-state index contributed by atoms with van der Waals surface area (Å²) in [5, 5.41) is 2.41. The Hall–Kier alpha value is -0.580. The fraction of sp³-hybridized carbons (Fsp3) is 0.917. The van der Waals surface area contributed by atoms with Crippen LogP contribution in [0.25, 0.3) is 0 Å². The Morgan fingerprint density at radius 1 is 1.47 bits per heavy atom. The standard InChI is InChI=1S/C12H23NO3S/c1-3-4-6-10(2)12(14)13-9-11-7-5-8-17(11,15)16/h10-11H,3-9H2,1-2H3,(H,13,14)/t10-,11+/m1/s1. The maximum atomic E-state index is 11.7. The zero-order valence-electron chi connectivity index (χ0n) is 10.7. The Balaban J connectivity index is 2.33. The molecule has 0 unspecified atom stereocenters. The number of hydrogen-bond donors (Lipinski definition) is 1. The van der Waals surface area contributed by atoms with E-state index < -0.39 is 9.84 Å². The molecule has 1 saturated heterocycles. The van der Waals surface area contributed by atoms with Crippen molar-refractivity contribution in [2.24, 2.45) is 5.92 Å². The molecule has 0 aromatic heterocycles. The number of rotatable bonds is 6. The van der Waals surface area contributed by atoms with Crippen molar-refractivity contribution in [3.8, 4) is 0 Å². The summed E-state index contributed by atoms with van der Waals surface area (Å²) in [6, 6.07) is 0. The second kappa shape index (κ2) is 6.38. The van der Waals surface area contributed by atoms with Gasteiger partial charge in [-0.3, -0.25) is 4.79 Å². The molecule has 1 amide bonds. The third-order valence-electron chi connectivity index (χ3n) is 3.41. The zero-order chi connectivity index (χ0) is 12.9. The smallest absolute Gasteiger partial charge is 0.222 e. The summed E-state index contributed by atoms with van der Waals surface area (Å²) in [5.41, 5.74) is 0. The van der Waals surface area contributed by atoms with Crippen molar-refractivity contribution in [1.82, 2.24) is 5.32 Å². The average molecular weight is 261 g/mol. The second-order valence-electron chi connectivity index (χ2n) is 4.92. The summed E-state index contributed by atoms with van der Waals surface area (Å²) < 4.78 is 23.1. The minimum atomic E-state index is -2.94. The molecule has 0 spiro atoms. The molecule has 1 rings (SSSR count). The third-order valence-corrected chi connectivity index (χ3v) is 5.68. The van der Waals surface area contributed by atoms with E-state index in [0.717, 1.165) is 25.7 Å². The maximum Gasteiger partial charge on any atom is 0.222 e. The number of carbonyl (C=O) groups is 1. The van der Waals surface area contributed by atoms with Crippen molar-refractivity contribution in [3.05, 3.63) is 0 Å². The minimum Gasteiger partial charge on any atom is -0.355 e. The molecule has 1 aliphatic rings. The molecule has 5 heteroatoms. The quantitative estimate of drug-likeness (QED) is 0.788. The Labute approximate surface area is 104 Å². The predicted octanol–water partition coefficient (Wildman–Crippen LogP) is 1.51. The van der Waals surface area contributed by atoms with Gasteiger partial charge in [-0.15, -0.1) is 0 Å². The normalized spacial score (nSPS) is 24.5. The van der Waals surface area contributed by atoms with Gasteiger partial charge in [0.2, 0.25) is 5.91 Å². The van der Waals surface area contributed by atoms with Crippen LogP contribution in [0.2, 0.25) is 0 Å². The lowest BCUT2D eigenvalue weighted by molar-refractivity contribution is -0.124. The highest BCUT2D eigenvalue weighted by Crippen LogP contribution is 2.19. The van der Waals surface area contributed by atoms with Crippen LogP contribution < -0.4 is 5.32 Å². The number of sulfone groups is 1. The van der Waals surface area contributed by atoms with E-state index in [1.54, 1.807) is 0 Å².